The third-order valence-corrected chi connectivity index (χ3v) is 5.97. The fourth-order valence-corrected chi connectivity index (χ4v) is 4.88. The maximum absolute atomic E-state index is 2.63. The lowest BCUT2D eigenvalue weighted by atomic mass is 9.56. The molecule has 0 bridgehead atoms. The van der Waals surface area contributed by atoms with E-state index >= 15 is 0 Å². The minimum atomic E-state index is 0.241. The average molecular weight is 328 g/mol. The summed E-state index contributed by atoms with van der Waals surface area (Å²) in [6.07, 6.45) is 5.53. The third-order valence-electron chi connectivity index (χ3n) is 5.97. The fraction of sp³-hybridized carbons (Fsp3) is 0.286. The van der Waals surface area contributed by atoms with E-state index in [1.54, 1.807) is 0 Å². The number of nitrogens with zero attached hydrogens (tertiary/aromatic N) is 3. The summed E-state index contributed by atoms with van der Waals surface area (Å²) in [5.41, 5.74) is 8.44. The molecule has 124 valence electrons. The summed E-state index contributed by atoms with van der Waals surface area (Å²) in [6, 6.07) is 14.0. The highest BCUT2D eigenvalue weighted by molar-refractivity contribution is 6.77. The van der Waals surface area contributed by atoms with E-state index in [2.05, 4.69) is 90.5 Å². The zero-order valence-corrected chi connectivity index (χ0v) is 15.3. The van der Waals surface area contributed by atoms with Crippen LogP contribution in [-0.2, 0) is 13.5 Å². The Morgan fingerprint density at radius 2 is 1.84 bits per heavy atom. The molecule has 3 aromatic rings. The first-order valence-corrected chi connectivity index (χ1v) is 9.11. The molecule has 0 fully saturated rings. The third kappa shape index (κ3) is 1.85. The molecule has 0 saturated heterocycles. The first-order valence-electron chi connectivity index (χ1n) is 9.11. The van der Waals surface area contributed by atoms with Gasteiger partial charge in [-0.15, -0.1) is 0 Å². The van der Waals surface area contributed by atoms with Gasteiger partial charge in [0.1, 0.15) is 12.4 Å². The monoisotopic (exact) mass is 328 g/mol. The number of aryl methyl sites for hydroxylation is 3. The molecule has 0 spiro atoms. The standard InChI is InChI=1S/C21H23BN3/c1-14-7-6-10-18-19(14)21-23(4)11-12-24(21)22-20-15(2)8-5-9-17(20)13-16(3)25(18)22/h5-12,16H,13H2,1-4H3/q+1. The summed E-state index contributed by atoms with van der Waals surface area (Å²) < 4.78 is 4.73. The minimum absolute atomic E-state index is 0.241. The van der Waals surface area contributed by atoms with E-state index in [1.807, 2.05) is 0 Å². The number of hydrogen-bond donors (Lipinski definition) is 0. The predicted molar refractivity (Wildman–Crippen MR) is 103 cm³/mol. The van der Waals surface area contributed by atoms with Crippen LogP contribution in [0.1, 0.15) is 23.6 Å². The maximum atomic E-state index is 2.63. The highest BCUT2D eigenvalue weighted by Crippen LogP contribution is 2.40. The molecule has 0 saturated carbocycles. The van der Waals surface area contributed by atoms with Gasteiger partial charge in [-0.1, -0.05) is 30.3 Å². The van der Waals surface area contributed by atoms with Crippen LogP contribution in [0.3, 0.4) is 0 Å². The van der Waals surface area contributed by atoms with Crippen molar-refractivity contribution in [1.82, 2.24) is 4.48 Å². The Balaban J connectivity index is 1.89. The molecule has 1 unspecified atom stereocenters. The van der Waals surface area contributed by atoms with Gasteiger partial charge >= 0.3 is 6.98 Å². The lowest BCUT2D eigenvalue weighted by molar-refractivity contribution is -0.659. The Kier molecular flexibility index (Phi) is 2.97. The second-order valence-electron chi connectivity index (χ2n) is 7.59. The number of aromatic nitrogens is 2. The van der Waals surface area contributed by atoms with Crippen molar-refractivity contribution in [1.29, 1.82) is 0 Å². The van der Waals surface area contributed by atoms with Crippen molar-refractivity contribution in [3.8, 4) is 11.4 Å². The molecular formula is C21H23BN3+. The summed E-state index contributed by atoms with van der Waals surface area (Å²) in [6.45, 7) is 7.08. The summed E-state index contributed by atoms with van der Waals surface area (Å²) >= 11 is 0. The molecule has 3 nitrogen and oxygen atoms in total. The summed E-state index contributed by atoms with van der Waals surface area (Å²) in [4.78, 5) is 2.63. The van der Waals surface area contributed by atoms with E-state index in [0.29, 0.717) is 6.04 Å². The molecule has 1 aromatic heterocycles. The second-order valence-corrected chi connectivity index (χ2v) is 7.59. The van der Waals surface area contributed by atoms with Gasteiger partial charge in [0.05, 0.1) is 12.6 Å². The number of anilines is 1. The first-order chi connectivity index (χ1) is 12.1. The van der Waals surface area contributed by atoms with Gasteiger partial charge < -0.3 is 4.81 Å². The lowest BCUT2D eigenvalue weighted by Gasteiger charge is -2.43. The highest BCUT2D eigenvalue weighted by atomic mass is 15.3. The predicted octanol–water partition coefficient (Wildman–Crippen LogP) is 2.60. The van der Waals surface area contributed by atoms with Gasteiger partial charge in [-0.25, -0.2) is 4.57 Å². The highest BCUT2D eigenvalue weighted by Gasteiger charge is 2.50. The van der Waals surface area contributed by atoms with Crippen LogP contribution < -0.4 is 14.8 Å². The van der Waals surface area contributed by atoms with E-state index in [4.69, 9.17) is 0 Å². The Bertz CT molecular complexity index is 1000. The normalized spacial score (nSPS) is 17.7. The van der Waals surface area contributed by atoms with Gasteiger partial charge in [0.15, 0.2) is 0 Å². The SMILES string of the molecule is Cc1cccc2c1B1N(c3cccc(C)c3-c3n1cc[n+]3C)C(C)C2. The van der Waals surface area contributed by atoms with Crippen molar-refractivity contribution >= 4 is 18.1 Å². The number of benzene rings is 2. The molecule has 2 aromatic carbocycles. The molecule has 3 heterocycles. The molecule has 0 aliphatic carbocycles. The zero-order chi connectivity index (χ0) is 17.3. The molecule has 4 heteroatoms. The largest absolute Gasteiger partial charge is 0.538 e. The number of imidazole rings is 1. The number of fused-ring (bicyclic) bond motifs is 8. The summed E-state index contributed by atoms with van der Waals surface area (Å²) in [5, 5.41) is 0. The second kappa shape index (κ2) is 5.01. The van der Waals surface area contributed by atoms with Gasteiger partial charge in [0.25, 0.3) is 5.82 Å². The molecule has 2 aliphatic heterocycles. The topological polar surface area (TPSA) is 12.1 Å². The van der Waals surface area contributed by atoms with Crippen LogP contribution in [0, 0.1) is 13.8 Å². The van der Waals surface area contributed by atoms with Gasteiger partial charge in [-0.2, -0.15) is 0 Å². The van der Waals surface area contributed by atoms with Crippen molar-refractivity contribution in [3.05, 3.63) is 65.5 Å². The van der Waals surface area contributed by atoms with Crippen molar-refractivity contribution in [2.75, 3.05) is 4.81 Å². The fourth-order valence-electron chi connectivity index (χ4n) is 4.88. The molecule has 0 N–H and O–H groups in total. The van der Waals surface area contributed by atoms with Crippen LogP contribution in [0.25, 0.3) is 11.4 Å². The van der Waals surface area contributed by atoms with Crippen LogP contribution in [0.5, 0.6) is 0 Å². The van der Waals surface area contributed by atoms with Crippen molar-refractivity contribution in [3.63, 3.8) is 0 Å². The van der Waals surface area contributed by atoms with Gasteiger partial charge in [-0.3, -0.25) is 4.48 Å². The zero-order valence-electron chi connectivity index (χ0n) is 15.3. The van der Waals surface area contributed by atoms with E-state index in [9.17, 15) is 0 Å². The van der Waals surface area contributed by atoms with Crippen LogP contribution in [0.2, 0.25) is 0 Å². The van der Waals surface area contributed by atoms with Gasteiger partial charge in [-0.05, 0) is 49.9 Å². The first kappa shape index (κ1) is 14.8. The molecule has 0 radical (unpaired) electrons. The Morgan fingerprint density at radius 1 is 1.08 bits per heavy atom. The summed E-state index contributed by atoms with van der Waals surface area (Å²) in [5.74, 6) is 1.30. The van der Waals surface area contributed by atoms with Gasteiger partial charge in [0, 0.05) is 17.2 Å². The van der Waals surface area contributed by atoms with E-state index in [1.165, 1.54) is 39.2 Å². The van der Waals surface area contributed by atoms with E-state index in [-0.39, 0.29) is 6.98 Å². The smallest absolute Gasteiger partial charge is 0.367 e. The quantitative estimate of drug-likeness (QED) is 0.456. The molecule has 5 rings (SSSR count). The molecular weight excluding hydrogens is 305 g/mol. The minimum Gasteiger partial charge on any atom is -0.367 e. The maximum Gasteiger partial charge on any atom is 0.538 e. The lowest BCUT2D eigenvalue weighted by Crippen LogP contribution is -2.65. The van der Waals surface area contributed by atoms with Crippen molar-refractivity contribution < 1.29 is 4.57 Å². The molecule has 2 aliphatic rings. The van der Waals surface area contributed by atoms with Crippen LogP contribution in [0.15, 0.2) is 48.8 Å². The Morgan fingerprint density at radius 3 is 2.68 bits per heavy atom. The van der Waals surface area contributed by atoms with Gasteiger partial charge in [0.2, 0.25) is 0 Å². The van der Waals surface area contributed by atoms with Crippen molar-refractivity contribution in [2.24, 2.45) is 7.05 Å². The molecule has 25 heavy (non-hydrogen) atoms. The number of hydrogen-bond acceptors (Lipinski definition) is 1. The van der Waals surface area contributed by atoms with Crippen LogP contribution in [-0.4, -0.2) is 17.5 Å². The average Bonchev–Trinajstić information content (AvgIpc) is 2.96. The molecule has 0 amide bonds. The van der Waals surface area contributed by atoms with Crippen LogP contribution >= 0.6 is 0 Å². The summed E-state index contributed by atoms with van der Waals surface area (Å²) in [7, 11) is 2.16. The molecule has 1 atom stereocenters. The van der Waals surface area contributed by atoms with Crippen molar-refractivity contribution in [2.45, 2.75) is 33.2 Å². The van der Waals surface area contributed by atoms with E-state index < -0.39 is 0 Å². The van der Waals surface area contributed by atoms with Crippen LogP contribution in [0.4, 0.5) is 5.69 Å². The Hall–Kier alpha value is -2.49. The number of rotatable bonds is 0. The van der Waals surface area contributed by atoms with E-state index in [0.717, 1.165) is 6.42 Å². The Labute approximate surface area is 149 Å².